The maximum absolute atomic E-state index is 13.0. The molecule has 134 valence electrons. The largest absolute Gasteiger partial charge is 0.418 e. The van der Waals surface area contributed by atoms with Gasteiger partial charge in [0.05, 0.1) is 11.3 Å². The molecule has 2 aromatic rings. The van der Waals surface area contributed by atoms with Gasteiger partial charge in [0.1, 0.15) is 5.69 Å². The van der Waals surface area contributed by atoms with Crippen LogP contribution in [0, 0.1) is 0 Å². The number of rotatable bonds is 6. The highest BCUT2D eigenvalue weighted by molar-refractivity contribution is 5.92. The topological polar surface area (TPSA) is 58.1 Å². The molecule has 2 rings (SSSR count). The minimum absolute atomic E-state index is 0.0635. The number of halogens is 3. The van der Waals surface area contributed by atoms with Crippen molar-refractivity contribution < 1.29 is 18.0 Å². The predicted octanol–water partition coefficient (Wildman–Crippen LogP) is 4.11. The first-order valence-corrected chi connectivity index (χ1v) is 7.84. The molecule has 0 aliphatic heterocycles. The SMILES string of the molecule is CCCCN(C)C(=O)c1ccnc(Nc2ccccc2C(F)(F)F)n1. The Hall–Kier alpha value is -2.64. The van der Waals surface area contributed by atoms with Crippen LogP contribution in [0.5, 0.6) is 0 Å². The zero-order chi connectivity index (χ0) is 18.4. The maximum Gasteiger partial charge on any atom is 0.418 e. The molecule has 0 fully saturated rings. The zero-order valence-corrected chi connectivity index (χ0v) is 14.0. The smallest absolute Gasteiger partial charge is 0.340 e. The van der Waals surface area contributed by atoms with E-state index in [1.54, 1.807) is 7.05 Å². The molecule has 0 unspecified atom stereocenters. The van der Waals surface area contributed by atoms with E-state index in [1.165, 1.54) is 35.4 Å². The Morgan fingerprint density at radius 2 is 1.96 bits per heavy atom. The van der Waals surface area contributed by atoms with E-state index in [0.717, 1.165) is 18.9 Å². The van der Waals surface area contributed by atoms with Gasteiger partial charge in [0.15, 0.2) is 0 Å². The standard InChI is InChI=1S/C17H19F3N4O/c1-3-4-11-24(2)15(25)14-9-10-21-16(23-14)22-13-8-6-5-7-12(13)17(18,19)20/h5-10H,3-4,11H2,1-2H3,(H,21,22,23). The van der Waals surface area contributed by atoms with Crippen LogP contribution in [0.15, 0.2) is 36.5 Å². The van der Waals surface area contributed by atoms with Gasteiger partial charge in [-0.3, -0.25) is 4.79 Å². The highest BCUT2D eigenvalue weighted by atomic mass is 19.4. The summed E-state index contributed by atoms with van der Waals surface area (Å²) in [5, 5.41) is 2.54. The first-order chi connectivity index (χ1) is 11.8. The van der Waals surface area contributed by atoms with Gasteiger partial charge >= 0.3 is 6.18 Å². The molecule has 5 nitrogen and oxygen atoms in total. The molecule has 8 heteroatoms. The van der Waals surface area contributed by atoms with Crippen LogP contribution in [-0.2, 0) is 6.18 Å². The molecule has 0 bridgehead atoms. The Bertz CT molecular complexity index is 734. The van der Waals surface area contributed by atoms with Crippen molar-refractivity contribution in [1.82, 2.24) is 14.9 Å². The number of nitrogens with zero attached hydrogens (tertiary/aromatic N) is 3. The van der Waals surface area contributed by atoms with Crippen molar-refractivity contribution in [2.75, 3.05) is 18.9 Å². The van der Waals surface area contributed by atoms with Crippen molar-refractivity contribution >= 4 is 17.5 Å². The number of para-hydroxylation sites is 1. The van der Waals surface area contributed by atoms with Gasteiger partial charge in [-0.15, -0.1) is 0 Å². The average Bonchev–Trinajstić information content (AvgIpc) is 2.58. The summed E-state index contributed by atoms with van der Waals surface area (Å²) in [5.74, 6) is -0.366. The molecule has 0 spiro atoms. The lowest BCUT2D eigenvalue weighted by atomic mass is 10.1. The quantitative estimate of drug-likeness (QED) is 0.850. The van der Waals surface area contributed by atoms with Crippen LogP contribution in [0.1, 0.15) is 35.8 Å². The molecule has 25 heavy (non-hydrogen) atoms. The summed E-state index contributed by atoms with van der Waals surface area (Å²) in [5.41, 5.74) is -0.866. The monoisotopic (exact) mass is 352 g/mol. The van der Waals surface area contributed by atoms with E-state index in [9.17, 15) is 18.0 Å². The fourth-order valence-corrected chi connectivity index (χ4v) is 2.19. The van der Waals surface area contributed by atoms with Gasteiger partial charge in [-0.25, -0.2) is 9.97 Å². The second-order valence-electron chi connectivity index (χ2n) is 5.51. The fraction of sp³-hybridized carbons (Fsp3) is 0.353. The Kier molecular flexibility index (Phi) is 5.95. The van der Waals surface area contributed by atoms with Crippen molar-refractivity contribution in [2.45, 2.75) is 25.9 Å². The number of carbonyl (C=O) groups excluding carboxylic acids is 1. The van der Waals surface area contributed by atoms with Gasteiger partial charge in [0.25, 0.3) is 5.91 Å². The molecule has 0 radical (unpaired) electrons. The molecule has 0 aliphatic rings. The number of hydrogen-bond donors (Lipinski definition) is 1. The third-order valence-electron chi connectivity index (χ3n) is 3.55. The number of carbonyl (C=O) groups is 1. The number of nitrogens with one attached hydrogen (secondary N) is 1. The number of alkyl halides is 3. The van der Waals surface area contributed by atoms with Crippen LogP contribution in [0.2, 0.25) is 0 Å². The van der Waals surface area contributed by atoms with Crippen molar-refractivity contribution in [1.29, 1.82) is 0 Å². The van der Waals surface area contributed by atoms with E-state index in [4.69, 9.17) is 0 Å². The predicted molar refractivity (Wildman–Crippen MR) is 88.6 cm³/mol. The molecule has 1 aromatic heterocycles. The molecule has 0 atom stereocenters. The van der Waals surface area contributed by atoms with Crippen molar-refractivity contribution in [3.63, 3.8) is 0 Å². The van der Waals surface area contributed by atoms with Gasteiger partial charge in [0, 0.05) is 19.8 Å². The second-order valence-corrected chi connectivity index (χ2v) is 5.51. The van der Waals surface area contributed by atoms with Crippen molar-refractivity contribution in [3.05, 3.63) is 47.8 Å². The lowest BCUT2D eigenvalue weighted by Gasteiger charge is -2.17. The van der Waals surface area contributed by atoms with E-state index >= 15 is 0 Å². The van der Waals surface area contributed by atoms with E-state index in [1.807, 2.05) is 6.92 Å². The van der Waals surface area contributed by atoms with Gasteiger partial charge in [-0.1, -0.05) is 25.5 Å². The third-order valence-corrected chi connectivity index (χ3v) is 3.55. The van der Waals surface area contributed by atoms with Crippen LogP contribution in [0.4, 0.5) is 24.8 Å². The van der Waals surface area contributed by atoms with Crippen LogP contribution in [0.3, 0.4) is 0 Å². The molecule has 1 N–H and O–H groups in total. The van der Waals surface area contributed by atoms with Gasteiger partial charge in [-0.2, -0.15) is 13.2 Å². The number of aromatic nitrogens is 2. The van der Waals surface area contributed by atoms with Crippen LogP contribution in [0.25, 0.3) is 0 Å². The number of unbranched alkanes of at least 4 members (excludes halogenated alkanes) is 1. The van der Waals surface area contributed by atoms with E-state index < -0.39 is 11.7 Å². The minimum atomic E-state index is -4.50. The van der Waals surface area contributed by atoms with Crippen molar-refractivity contribution in [3.8, 4) is 0 Å². The van der Waals surface area contributed by atoms with E-state index in [-0.39, 0.29) is 23.2 Å². The number of hydrogen-bond acceptors (Lipinski definition) is 4. The highest BCUT2D eigenvalue weighted by Crippen LogP contribution is 2.35. The molecule has 0 saturated carbocycles. The van der Waals surface area contributed by atoms with Gasteiger partial charge in [0.2, 0.25) is 5.95 Å². The fourth-order valence-electron chi connectivity index (χ4n) is 2.19. The lowest BCUT2D eigenvalue weighted by molar-refractivity contribution is -0.136. The highest BCUT2D eigenvalue weighted by Gasteiger charge is 2.33. The van der Waals surface area contributed by atoms with E-state index in [0.29, 0.717) is 6.54 Å². The summed E-state index contributed by atoms with van der Waals surface area (Å²) >= 11 is 0. The summed E-state index contributed by atoms with van der Waals surface area (Å²) in [6.07, 6.45) is -1.36. The first kappa shape index (κ1) is 18.7. The number of anilines is 2. The molecular weight excluding hydrogens is 333 g/mol. The van der Waals surface area contributed by atoms with Crippen molar-refractivity contribution in [2.24, 2.45) is 0 Å². The minimum Gasteiger partial charge on any atom is -0.340 e. The number of amides is 1. The summed E-state index contributed by atoms with van der Waals surface area (Å²) < 4.78 is 39.1. The second kappa shape index (κ2) is 7.96. The molecule has 0 saturated heterocycles. The molecule has 1 heterocycles. The Balaban J connectivity index is 2.22. The van der Waals surface area contributed by atoms with Crippen LogP contribution >= 0.6 is 0 Å². The summed E-state index contributed by atoms with van der Waals surface area (Å²) in [6, 6.07) is 6.47. The lowest BCUT2D eigenvalue weighted by Crippen LogP contribution is -2.28. The Labute approximate surface area is 143 Å². The van der Waals surface area contributed by atoms with Gasteiger partial charge < -0.3 is 10.2 Å². The van der Waals surface area contributed by atoms with E-state index in [2.05, 4.69) is 15.3 Å². The summed E-state index contributed by atoms with van der Waals surface area (Å²) in [6.45, 7) is 2.60. The van der Waals surface area contributed by atoms with Crippen LogP contribution in [-0.4, -0.2) is 34.4 Å². The zero-order valence-electron chi connectivity index (χ0n) is 14.0. The Morgan fingerprint density at radius 3 is 2.64 bits per heavy atom. The molecule has 1 amide bonds. The normalized spacial score (nSPS) is 11.2. The van der Waals surface area contributed by atoms with Crippen LogP contribution < -0.4 is 5.32 Å². The Morgan fingerprint density at radius 1 is 1.24 bits per heavy atom. The average molecular weight is 352 g/mol. The summed E-state index contributed by atoms with van der Waals surface area (Å²) in [4.78, 5) is 21.8. The molecular formula is C17H19F3N4O. The first-order valence-electron chi connectivity index (χ1n) is 7.84. The van der Waals surface area contributed by atoms with Gasteiger partial charge in [-0.05, 0) is 24.6 Å². The third kappa shape index (κ3) is 4.91. The maximum atomic E-state index is 13.0. The number of benzene rings is 1. The molecule has 1 aromatic carbocycles. The molecule has 0 aliphatic carbocycles. The summed E-state index contributed by atoms with van der Waals surface area (Å²) in [7, 11) is 1.66.